The van der Waals surface area contributed by atoms with Gasteiger partial charge in [0.05, 0.1) is 7.11 Å². The first-order valence-corrected chi connectivity index (χ1v) is 7.52. The van der Waals surface area contributed by atoms with Crippen LogP contribution < -0.4 is 0 Å². The first kappa shape index (κ1) is 16.7. The quantitative estimate of drug-likeness (QED) is 0.636. The summed E-state index contributed by atoms with van der Waals surface area (Å²) in [5.41, 5.74) is 3.22. The number of methoxy groups -OCH3 is 1. The number of esters is 1. The maximum atomic E-state index is 12.5. The van der Waals surface area contributed by atoms with Crippen LogP contribution in [0.1, 0.15) is 19.4 Å². The molecule has 0 radical (unpaired) electrons. The Kier molecular flexibility index (Phi) is 5.52. The Hall–Kier alpha value is -2.62. The Morgan fingerprint density at radius 1 is 1.17 bits per heavy atom. The number of allylic oxidation sites excluding steroid dienone is 2. The van der Waals surface area contributed by atoms with Crippen LogP contribution in [0.4, 0.5) is 0 Å². The lowest BCUT2D eigenvalue weighted by Crippen LogP contribution is -2.36. The Labute approximate surface area is 136 Å². The standard InChI is InChI=1S/C19H21NO3/c1-4-16-12-20(14(2)10-18(21)23-3)13-17(19(16)22)11-15-8-6-5-7-9-15/h4-11H,12-13H2,1-3H3/b14-10-,16-4+,17-11+. The van der Waals surface area contributed by atoms with Crippen molar-refractivity contribution in [2.45, 2.75) is 13.8 Å². The lowest BCUT2D eigenvalue weighted by Gasteiger charge is -2.32. The van der Waals surface area contributed by atoms with Crippen LogP contribution in [0, 0.1) is 0 Å². The zero-order valence-electron chi connectivity index (χ0n) is 13.7. The average molecular weight is 311 g/mol. The molecule has 0 amide bonds. The molecule has 0 saturated carbocycles. The molecule has 0 N–H and O–H groups in total. The molecular formula is C19H21NO3. The Morgan fingerprint density at radius 3 is 2.43 bits per heavy atom. The van der Waals surface area contributed by atoms with E-state index in [1.165, 1.54) is 13.2 Å². The molecule has 0 spiro atoms. The highest BCUT2D eigenvalue weighted by Gasteiger charge is 2.25. The van der Waals surface area contributed by atoms with Gasteiger partial charge in [-0.15, -0.1) is 0 Å². The number of ketones is 1. The van der Waals surface area contributed by atoms with Crippen molar-refractivity contribution in [3.8, 4) is 0 Å². The lowest BCUT2D eigenvalue weighted by molar-refractivity contribution is -0.135. The number of carbonyl (C=O) groups excluding carboxylic acids is 2. The molecule has 0 atom stereocenters. The van der Waals surface area contributed by atoms with E-state index in [-0.39, 0.29) is 5.78 Å². The van der Waals surface area contributed by atoms with Gasteiger partial charge in [0, 0.05) is 36.0 Å². The summed E-state index contributed by atoms with van der Waals surface area (Å²) in [5.74, 6) is -0.325. The van der Waals surface area contributed by atoms with Crippen molar-refractivity contribution in [2.75, 3.05) is 20.2 Å². The van der Waals surface area contributed by atoms with Crippen LogP contribution in [0.3, 0.4) is 0 Å². The highest BCUT2D eigenvalue weighted by Crippen LogP contribution is 2.22. The highest BCUT2D eigenvalue weighted by molar-refractivity contribution is 6.12. The van der Waals surface area contributed by atoms with Crippen LogP contribution in [0.5, 0.6) is 0 Å². The van der Waals surface area contributed by atoms with Gasteiger partial charge < -0.3 is 9.64 Å². The fourth-order valence-electron chi connectivity index (χ4n) is 2.47. The van der Waals surface area contributed by atoms with E-state index in [2.05, 4.69) is 4.74 Å². The first-order chi connectivity index (χ1) is 11.0. The fourth-order valence-corrected chi connectivity index (χ4v) is 2.47. The maximum absolute atomic E-state index is 12.5. The Morgan fingerprint density at radius 2 is 1.83 bits per heavy atom. The molecule has 0 aliphatic carbocycles. The van der Waals surface area contributed by atoms with Crippen LogP contribution in [-0.4, -0.2) is 36.9 Å². The van der Waals surface area contributed by atoms with Gasteiger partial charge in [-0.05, 0) is 25.5 Å². The van der Waals surface area contributed by atoms with E-state index in [1.54, 1.807) is 0 Å². The van der Waals surface area contributed by atoms with Crippen LogP contribution >= 0.6 is 0 Å². The molecule has 1 aliphatic heterocycles. The molecule has 1 saturated heterocycles. The first-order valence-electron chi connectivity index (χ1n) is 7.52. The molecule has 1 aliphatic rings. The SMILES string of the molecule is C/C=C1\CN(/C(C)=C\C(=O)OC)C/C(=C\c2ccccc2)C1=O. The second kappa shape index (κ2) is 7.58. The normalized spacial score (nSPS) is 19.3. The minimum atomic E-state index is -0.394. The van der Waals surface area contributed by atoms with Crippen molar-refractivity contribution >= 4 is 17.8 Å². The number of piperidine rings is 1. The van der Waals surface area contributed by atoms with Gasteiger partial charge in [-0.2, -0.15) is 0 Å². The van der Waals surface area contributed by atoms with Gasteiger partial charge in [-0.1, -0.05) is 36.4 Å². The largest absolute Gasteiger partial charge is 0.466 e. The van der Waals surface area contributed by atoms with E-state index in [4.69, 9.17) is 0 Å². The summed E-state index contributed by atoms with van der Waals surface area (Å²) >= 11 is 0. The topological polar surface area (TPSA) is 46.6 Å². The minimum absolute atomic E-state index is 0.0680. The maximum Gasteiger partial charge on any atom is 0.332 e. The zero-order chi connectivity index (χ0) is 16.8. The number of hydrogen-bond donors (Lipinski definition) is 0. The summed E-state index contributed by atoms with van der Waals surface area (Å²) in [4.78, 5) is 26.0. The van der Waals surface area contributed by atoms with E-state index >= 15 is 0 Å². The third-order valence-corrected chi connectivity index (χ3v) is 3.82. The summed E-state index contributed by atoms with van der Waals surface area (Å²) in [6.45, 7) is 4.68. The number of likely N-dealkylation sites (tertiary alicyclic amines) is 1. The van der Waals surface area contributed by atoms with Crippen molar-refractivity contribution < 1.29 is 14.3 Å². The summed E-state index contributed by atoms with van der Waals surface area (Å²) in [6.07, 6.45) is 5.19. The van der Waals surface area contributed by atoms with Crippen LogP contribution in [0.15, 0.2) is 59.3 Å². The molecule has 1 aromatic carbocycles. The van der Waals surface area contributed by atoms with Gasteiger partial charge in [0.1, 0.15) is 0 Å². The lowest BCUT2D eigenvalue weighted by atomic mass is 9.95. The molecule has 120 valence electrons. The van der Waals surface area contributed by atoms with Crippen molar-refractivity contribution in [1.82, 2.24) is 4.90 Å². The van der Waals surface area contributed by atoms with Crippen molar-refractivity contribution in [2.24, 2.45) is 0 Å². The van der Waals surface area contributed by atoms with Crippen molar-refractivity contribution in [3.05, 3.63) is 64.9 Å². The number of nitrogens with zero attached hydrogens (tertiary/aromatic N) is 1. The van der Waals surface area contributed by atoms with Crippen LogP contribution in [-0.2, 0) is 14.3 Å². The van der Waals surface area contributed by atoms with E-state index in [0.29, 0.717) is 18.7 Å². The summed E-state index contributed by atoms with van der Waals surface area (Å²) < 4.78 is 4.67. The van der Waals surface area contributed by atoms with Gasteiger partial charge in [0.25, 0.3) is 0 Å². The predicted molar refractivity (Wildman–Crippen MR) is 90.5 cm³/mol. The summed E-state index contributed by atoms with van der Waals surface area (Å²) in [7, 11) is 1.35. The highest BCUT2D eigenvalue weighted by atomic mass is 16.5. The third-order valence-electron chi connectivity index (χ3n) is 3.82. The second-order valence-electron chi connectivity index (χ2n) is 5.39. The van der Waals surface area contributed by atoms with Gasteiger partial charge >= 0.3 is 5.97 Å². The number of ether oxygens (including phenoxy) is 1. The third kappa shape index (κ3) is 4.19. The van der Waals surface area contributed by atoms with Gasteiger partial charge in [-0.3, -0.25) is 4.79 Å². The van der Waals surface area contributed by atoms with E-state index < -0.39 is 5.97 Å². The number of carbonyl (C=O) groups is 2. The van der Waals surface area contributed by atoms with E-state index in [9.17, 15) is 9.59 Å². The van der Waals surface area contributed by atoms with Crippen molar-refractivity contribution in [1.29, 1.82) is 0 Å². The molecule has 4 nitrogen and oxygen atoms in total. The second-order valence-corrected chi connectivity index (χ2v) is 5.39. The predicted octanol–water partition coefficient (Wildman–Crippen LogP) is 2.98. The monoisotopic (exact) mass is 311 g/mol. The minimum Gasteiger partial charge on any atom is -0.466 e. The zero-order valence-corrected chi connectivity index (χ0v) is 13.7. The van der Waals surface area contributed by atoms with Gasteiger partial charge in [0.15, 0.2) is 5.78 Å². The molecule has 23 heavy (non-hydrogen) atoms. The summed E-state index contributed by atoms with van der Waals surface area (Å²) in [5, 5.41) is 0. The van der Waals surface area contributed by atoms with Crippen LogP contribution in [0.25, 0.3) is 6.08 Å². The number of rotatable bonds is 3. The van der Waals surface area contributed by atoms with Gasteiger partial charge in [0.2, 0.25) is 0 Å². The number of hydrogen-bond acceptors (Lipinski definition) is 4. The molecule has 0 aromatic heterocycles. The molecule has 1 heterocycles. The fraction of sp³-hybridized carbons (Fsp3) is 0.263. The number of Topliss-reactive ketones (excluding diaryl/α,β-unsaturated/α-hetero) is 1. The Balaban J connectivity index is 2.32. The average Bonchev–Trinajstić information content (AvgIpc) is 2.57. The molecular weight excluding hydrogens is 290 g/mol. The molecule has 1 aromatic rings. The smallest absolute Gasteiger partial charge is 0.332 e. The van der Waals surface area contributed by atoms with E-state index in [1.807, 2.05) is 61.2 Å². The molecule has 1 fully saturated rings. The van der Waals surface area contributed by atoms with E-state index in [0.717, 1.165) is 16.8 Å². The Bertz CT molecular complexity index is 684. The van der Waals surface area contributed by atoms with Crippen LogP contribution in [0.2, 0.25) is 0 Å². The molecule has 4 heteroatoms. The molecule has 0 unspecified atom stereocenters. The van der Waals surface area contributed by atoms with Gasteiger partial charge in [-0.25, -0.2) is 4.79 Å². The van der Waals surface area contributed by atoms with Crippen molar-refractivity contribution in [3.63, 3.8) is 0 Å². The molecule has 0 bridgehead atoms. The molecule has 2 rings (SSSR count). The number of benzene rings is 1. The summed E-state index contributed by atoms with van der Waals surface area (Å²) in [6, 6.07) is 9.75.